The molecular weight excluding hydrogens is 168 g/mol. The van der Waals surface area contributed by atoms with Gasteiger partial charge in [-0.25, -0.2) is 4.79 Å². The second-order valence-corrected chi connectivity index (χ2v) is 3.98. The van der Waals surface area contributed by atoms with Gasteiger partial charge in [0, 0.05) is 0 Å². The van der Waals surface area contributed by atoms with Gasteiger partial charge in [0.15, 0.2) is 0 Å². The van der Waals surface area contributed by atoms with E-state index in [0.29, 0.717) is 5.92 Å². The quantitative estimate of drug-likeness (QED) is 0.622. The molecule has 0 aromatic rings. The summed E-state index contributed by atoms with van der Waals surface area (Å²) in [6.45, 7) is 4.18. The first-order valence-electron chi connectivity index (χ1n) is 4.88. The van der Waals surface area contributed by atoms with E-state index in [1.165, 1.54) is 7.11 Å². The van der Waals surface area contributed by atoms with Gasteiger partial charge >= 0.3 is 6.16 Å². The average Bonchev–Trinajstić information content (AvgIpc) is 2.54. The number of carbonyl (C=O) groups is 1. The molecule has 0 bridgehead atoms. The van der Waals surface area contributed by atoms with Crippen LogP contribution in [0.2, 0.25) is 0 Å². The van der Waals surface area contributed by atoms with Crippen molar-refractivity contribution in [3.05, 3.63) is 0 Å². The van der Waals surface area contributed by atoms with Gasteiger partial charge in [-0.15, -0.1) is 0 Å². The lowest BCUT2D eigenvalue weighted by Gasteiger charge is -2.32. The molecule has 0 spiro atoms. The first kappa shape index (κ1) is 10.4. The fourth-order valence-electron chi connectivity index (χ4n) is 1.98. The van der Waals surface area contributed by atoms with Crippen LogP contribution in [-0.4, -0.2) is 18.9 Å². The Balaban J connectivity index is 2.62. The molecule has 0 aromatic heterocycles. The van der Waals surface area contributed by atoms with E-state index in [1.807, 2.05) is 0 Å². The van der Waals surface area contributed by atoms with Crippen LogP contribution in [-0.2, 0) is 9.47 Å². The van der Waals surface area contributed by atoms with Crippen LogP contribution in [0.1, 0.15) is 39.5 Å². The van der Waals surface area contributed by atoms with Gasteiger partial charge in [-0.1, -0.05) is 13.8 Å². The molecule has 0 N–H and O–H groups in total. The molecule has 0 amide bonds. The van der Waals surface area contributed by atoms with E-state index in [1.54, 1.807) is 0 Å². The Morgan fingerprint density at radius 2 is 1.85 bits per heavy atom. The molecule has 3 heteroatoms. The average molecular weight is 186 g/mol. The van der Waals surface area contributed by atoms with Crippen LogP contribution in [0.4, 0.5) is 4.79 Å². The minimum atomic E-state index is -0.546. The summed E-state index contributed by atoms with van der Waals surface area (Å²) in [4.78, 5) is 11.0. The topological polar surface area (TPSA) is 35.5 Å². The Bertz CT molecular complexity index is 181. The van der Waals surface area contributed by atoms with Gasteiger partial charge in [0.05, 0.1) is 7.11 Å². The van der Waals surface area contributed by atoms with Gasteiger partial charge in [0.25, 0.3) is 0 Å². The first-order chi connectivity index (χ1) is 6.10. The fraction of sp³-hybridized carbons (Fsp3) is 0.900. The predicted molar refractivity (Wildman–Crippen MR) is 49.5 cm³/mol. The zero-order valence-electron chi connectivity index (χ0n) is 8.63. The third-order valence-electron chi connectivity index (χ3n) is 2.96. The number of methoxy groups -OCH3 is 1. The molecule has 0 aromatic carbocycles. The molecule has 0 atom stereocenters. The highest BCUT2D eigenvalue weighted by Crippen LogP contribution is 2.39. The maximum Gasteiger partial charge on any atom is 0.508 e. The maximum absolute atomic E-state index is 11.0. The standard InChI is InChI=1S/C10H18O3/c1-8(2)10(6-4-5-7-10)13-9(11)12-3/h8H,4-7H2,1-3H3. The summed E-state index contributed by atoms with van der Waals surface area (Å²) in [5.74, 6) is 0.370. The molecule has 1 fully saturated rings. The van der Waals surface area contributed by atoms with Crippen molar-refractivity contribution < 1.29 is 14.3 Å². The highest BCUT2D eigenvalue weighted by molar-refractivity contribution is 5.60. The van der Waals surface area contributed by atoms with E-state index in [0.717, 1.165) is 25.7 Å². The first-order valence-corrected chi connectivity index (χ1v) is 4.88. The van der Waals surface area contributed by atoms with E-state index < -0.39 is 6.16 Å². The Morgan fingerprint density at radius 3 is 2.23 bits per heavy atom. The zero-order valence-corrected chi connectivity index (χ0v) is 8.63. The van der Waals surface area contributed by atoms with E-state index in [-0.39, 0.29) is 5.60 Å². The summed E-state index contributed by atoms with van der Waals surface area (Å²) < 4.78 is 9.87. The molecule has 0 unspecified atom stereocenters. The number of carbonyl (C=O) groups excluding carboxylic acids is 1. The third kappa shape index (κ3) is 2.14. The van der Waals surface area contributed by atoms with Crippen molar-refractivity contribution in [3.8, 4) is 0 Å². The van der Waals surface area contributed by atoms with Gasteiger partial charge in [0.1, 0.15) is 5.60 Å². The Labute approximate surface area is 79.4 Å². The molecule has 1 aliphatic rings. The van der Waals surface area contributed by atoms with Crippen LogP contribution in [0.3, 0.4) is 0 Å². The number of ether oxygens (including phenoxy) is 2. The van der Waals surface area contributed by atoms with E-state index in [4.69, 9.17) is 4.74 Å². The zero-order chi connectivity index (χ0) is 9.90. The molecule has 0 heterocycles. The highest BCUT2D eigenvalue weighted by atomic mass is 16.7. The van der Waals surface area contributed by atoms with Crippen molar-refractivity contribution in [1.82, 2.24) is 0 Å². The Hall–Kier alpha value is -0.730. The molecule has 13 heavy (non-hydrogen) atoms. The second-order valence-electron chi connectivity index (χ2n) is 3.98. The van der Waals surface area contributed by atoms with E-state index in [2.05, 4.69) is 18.6 Å². The molecule has 76 valence electrons. The lowest BCUT2D eigenvalue weighted by atomic mass is 9.88. The molecule has 1 saturated carbocycles. The molecular formula is C10H18O3. The smallest absolute Gasteiger partial charge is 0.438 e. The minimum absolute atomic E-state index is 0.257. The van der Waals surface area contributed by atoms with Gasteiger partial charge in [-0.05, 0) is 31.6 Å². The van der Waals surface area contributed by atoms with Crippen LogP contribution in [0.25, 0.3) is 0 Å². The van der Waals surface area contributed by atoms with Gasteiger partial charge in [0.2, 0.25) is 0 Å². The highest BCUT2D eigenvalue weighted by Gasteiger charge is 2.40. The SMILES string of the molecule is COC(=O)OC1(C(C)C)CCCC1. The Morgan fingerprint density at radius 1 is 1.31 bits per heavy atom. The molecule has 0 saturated heterocycles. The van der Waals surface area contributed by atoms with Gasteiger partial charge in [-0.3, -0.25) is 0 Å². The van der Waals surface area contributed by atoms with Crippen molar-refractivity contribution in [2.45, 2.75) is 45.1 Å². The van der Waals surface area contributed by atoms with Crippen molar-refractivity contribution in [3.63, 3.8) is 0 Å². The third-order valence-corrected chi connectivity index (χ3v) is 2.96. The van der Waals surface area contributed by atoms with Gasteiger partial charge < -0.3 is 9.47 Å². The molecule has 1 aliphatic carbocycles. The molecule has 0 aliphatic heterocycles. The van der Waals surface area contributed by atoms with Crippen LogP contribution < -0.4 is 0 Å². The number of hydrogen-bond acceptors (Lipinski definition) is 3. The summed E-state index contributed by atoms with van der Waals surface area (Å²) in [6.07, 6.45) is 3.69. The van der Waals surface area contributed by atoms with Crippen LogP contribution in [0.5, 0.6) is 0 Å². The van der Waals surface area contributed by atoms with Crippen molar-refractivity contribution in [2.24, 2.45) is 5.92 Å². The summed E-state index contributed by atoms with van der Waals surface area (Å²) in [5, 5.41) is 0. The molecule has 1 rings (SSSR count). The predicted octanol–water partition coefficient (Wildman–Crippen LogP) is 2.74. The van der Waals surface area contributed by atoms with E-state index in [9.17, 15) is 4.79 Å². The number of rotatable bonds is 2. The summed E-state index contributed by atoms with van der Waals surface area (Å²) in [6, 6.07) is 0. The van der Waals surface area contributed by atoms with Crippen LogP contribution in [0, 0.1) is 5.92 Å². The van der Waals surface area contributed by atoms with Crippen LogP contribution >= 0.6 is 0 Å². The largest absolute Gasteiger partial charge is 0.508 e. The fourth-order valence-corrected chi connectivity index (χ4v) is 1.98. The molecule has 3 nitrogen and oxygen atoms in total. The second kappa shape index (κ2) is 3.99. The van der Waals surface area contributed by atoms with Crippen molar-refractivity contribution >= 4 is 6.16 Å². The Kier molecular flexibility index (Phi) is 3.17. The molecule has 0 radical (unpaired) electrons. The van der Waals surface area contributed by atoms with Crippen LogP contribution in [0.15, 0.2) is 0 Å². The monoisotopic (exact) mass is 186 g/mol. The van der Waals surface area contributed by atoms with Gasteiger partial charge in [-0.2, -0.15) is 0 Å². The van der Waals surface area contributed by atoms with E-state index >= 15 is 0 Å². The lowest BCUT2D eigenvalue weighted by Crippen LogP contribution is -2.37. The normalized spacial score (nSPS) is 20.3. The summed E-state index contributed by atoms with van der Waals surface area (Å²) in [7, 11) is 1.35. The van der Waals surface area contributed by atoms with Crippen molar-refractivity contribution in [1.29, 1.82) is 0 Å². The maximum atomic E-state index is 11.0. The minimum Gasteiger partial charge on any atom is -0.438 e. The summed E-state index contributed by atoms with van der Waals surface area (Å²) in [5.41, 5.74) is -0.257. The summed E-state index contributed by atoms with van der Waals surface area (Å²) >= 11 is 0. The number of hydrogen-bond donors (Lipinski definition) is 0. The lowest BCUT2D eigenvalue weighted by molar-refractivity contribution is -0.0509. The van der Waals surface area contributed by atoms with Crippen molar-refractivity contribution in [2.75, 3.05) is 7.11 Å².